The number of hydrogen-bond donors (Lipinski definition) is 2. The van der Waals surface area contributed by atoms with Crippen molar-refractivity contribution < 1.29 is 23.5 Å². The Morgan fingerprint density at radius 1 is 0.914 bits per heavy atom. The zero-order chi connectivity index (χ0) is 24.6. The van der Waals surface area contributed by atoms with Gasteiger partial charge in [-0.25, -0.2) is 0 Å². The number of furan rings is 1. The Labute approximate surface area is 205 Å². The van der Waals surface area contributed by atoms with Gasteiger partial charge in [0.15, 0.2) is 11.5 Å². The van der Waals surface area contributed by atoms with Crippen molar-refractivity contribution in [3.05, 3.63) is 78.3 Å². The molecule has 0 spiro atoms. The van der Waals surface area contributed by atoms with Gasteiger partial charge in [-0.3, -0.25) is 14.5 Å². The van der Waals surface area contributed by atoms with Crippen LogP contribution in [-0.4, -0.2) is 43.0 Å². The molecule has 2 aromatic carbocycles. The average Bonchev–Trinajstić information content (AvgIpc) is 3.35. The first-order valence-electron chi connectivity index (χ1n) is 11.8. The third-order valence-electron chi connectivity index (χ3n) is 5.66. The molecule has 1 atom stereocenters. The second-order valence-corrected chi connectivity index (χ2v) is 8.83. The Balaban J connectivity index is 1.43. The van der Waals surface area contributed by atoms with E-state index < -0.39 is 0 Å². The number of ether oxygens (including phenoxy) is 2. The number of benzene rings is 2. The number of nitrogens with zero attached hydrogens (tertiary/aromatic N) is 1. The molecule has 0 saturated carbocycles. The van der Waals surface area contributed by atoms with E-state index in [-0.39, 0.29) is 36.9 Å². The average molecular weight is 478 g/mol. The van der Waals surface area contributed by atoms with Crippen molar-refractivity contribution in [2.45, 2.75) is 26.4 Å². The summed E-state index contributed by atoms with van der Waals surface area (Å²) in [5.74, 6) is 1.83. The van der Waals surface area contributed by atoms with Crippen molar-refractivity contribution in [3.8, 4) is 11.5 Å². The summed E-state index contributed by atoms with van der Waals surface area (Å²) in [4.78, 5) is 27.6. The highest BCUT2D eigenvalue weighted by Gasteiger charge is 2.23. The number of fused-ring (bicyclic) bond motifs is 1. The predicted molar refractivity (Wildman–Crippen MR) is 132 cm³/mol. The van der Waals surface area contributed by atoms with Gasteiger partial charge >= 0.3 is 0 Å². The molecule has 1 aromatic heterocycles. The smallest absolute Gasteiger partial charge is 0.238 e. The monoisotopic (exact) mass is 477 g/mol. The number of nitrogens with one attached hydrogen (secondary N) is 2. The fourth-order valence-corrected chi connectivity index (χ4v) is 4.03. The van der Waals surface area contributed by atoms with E-state index in [9.17, 15) is 9.59 Å². The summed E-state index contributed by atoms with van der Waals surface area (Å²) in [6, 6.07) is 18.4. The lowest BCUT2D eigenvalue weighted by Crippen LogP contribution is -2.42. The van der Waals surface area contributed by atoms with Crippen molar-refractivity contribution >= 4 is 17.5 Å². The van der Waals surface area contributed by atoms with Crippen LogP contribution in [0.1, 0.15) is 31.2 Å². The number of anilines is 1. The summed E-state index contributed by atoms with van der Waals surface area (Å²) in [5.41, 5.74) is 1.65. The number of carbonyl (C=O) groups is 2. The van der Waals surface area contributed by atoms with Gasteiger partial charge in [0, 0.05) is 5.69 Å². The summed E-state index contributed by atoms with van der Waals surface area (Å²) >= 11 is 0. The van der Waals surface area contributed by atoms with Crippen LogP contribution in [0.25, 0.3) is 0 Å². The van der Waals surface area contributed by atoms with Crippen LogP contribution < -0.4 is 20.1 Å². The van der Waals surface area contributed by atoms with Crippen molar-refractivity contribution in [2.75, 3.05) is 31.6 Å². The molecule has 184 valence electrons. The van der Waals surface area contributed by atoms with Gasteiger partial charge < -0.3 is 24.5 Å². The van der Waals surface area contributed by atoms with E-state index in [1.54, 1.807) is 17.2 Å². The number of para-hydroxylation sites is 1. The SMILES string of the molecule is CC(C)C(NC(=O)CN(CC(=O)Nc1ccccc1)Cc1ccco1)c1ccc2c(c1)OCCO2. The molecule has 0 radical (unpaired) electrons. The van der Waals surface area contributed by atoms with Crippen LogP contribution >= 0.6 is 0 Å². The third kappa shape index (κ3) is 6.86. The Bertz CT molecular complexity index is 1120. The first kappa shape index (κ1) is 24.3. The van der Waals surface area contributed by atoms with Gasteiger partial charge in [0.2, 0.25) is 11.8 Å². The van der Waals surface area contributed by atoms with Gasteiger partial charge in [0.05, 0.1) is 31.9 Å². The molecule has 8 nitrogen and oxygen atoms in total. The summed E-state index contributed by atoms with van der Waals surface area (Å²) in [5, 5.41) is 6.00. The fraction of sp³-hybridized carbons (Fsp3) is 0.333. The van der Waals surface area contributed by atoms with Crippen LogP contribution in [0.4, 0.5) is 5.69 Å². The normalized spacial score (nSPS) is 13.5. The number of rotatable bonds is 10. The first-order chi connectivity index (χ1) is 17.0. The maximum atomic E-state index is 13.1. The molecule has 1 unspecified atom stereocenters. The van der Waals surface area contributed by atoms with E-state index in [2.05, 4.69) is 24.5 Å². The highest BCUT2D eigenvalue weighted by Crippen LogP contribution is 2.34. The standard InChI is InChI=1S/C27H31N3O5/c1-19(2)27(20-10-11-23-24(15-20)35-14-13-34-23)29-26(32)18-30(16-22-9-6-12-33-22)17-25(31)28-21-7-4-3-5-8-21/h3-12,15,19,27H,13-14,16-18H2,1-2H3,(H,28,31)(H,29,32). The molecule has 0 saturated heterocycles. The lowest BCUT2D eigenvalue weighted by atomic mass is 9.95. The van der Waals surface area contributed by atoms with Crippen LogP contribution in [0.2, 0.25) is 0 Å². The molecule has 2 heterocycles. The third-order valence-corrected chi connectivity index (χ3v) is 5.66. The van der Waals surface area contributed by atoms with E-state index in [4.69, 9.17) is 13.9 Å². The molecular formula is C27H31N3O5. The van der Waals surface area contributed by atoms with E-state index in [0.29, 0.717) is 42.7 Å². The molecule has 3 aromatic rings. The quantitative estimate of drug-likeness (QED) is 0.459. The molecule has 2 amide bonds. The summed E-state index contributed by atoms with van der Waals surface area (Å²) < 4.78 is 16.8. The number of hydrogen-bond acceptors (Lipinski definition) is 6. The van der Waals surface area contributed by atoms with Gasteiger partial charge in [0.1, 0.15) is 19.0 Å². The lowest BCUT2D eigenvalue weighted by Gasteiger charge is -2.27. The summed E-state index contributed by atoms with van der Waals surface area (Å²) in [7, 11) is 0. The van der Waals surface area contributed by atoms with Crippen LogP contribution in [0.15, 0.2) is 71.3 Å². The minimum atomic E-state index is -0.220. The van der Waals surface area contributed by atoms with Gasteiger partial charge in [-0.05, 0) is 47.9 Å². The number of amides is 2. The van der Waals surface area contributed by atoms with Gasteiger partial charge in [0.25, 0.3) is 0 Å². The molecule has 1 aliphatic heterocycles. The zero-order valence-electron chi connectivity index (χ0n) is 20.0. The molecule has 0 aliphatic carbocycles. The molecule has 8 heteroatoms. The van der Waals surface area contributed by atoms with E-state index >= 15 is 0 Å². The Morgan fingerprint density at radius 3 is 2.37 bits per heavy atom. The Hall–Kier alpha value is -3.78. The van der Waals surface area contributed by atoms with Crippen molar-refractivity contribution in [1.82, 2.24) is 10.2 Å². The lowest BCUT2D eigenvalue weighted by molar-refractivity contribution is -0.124. The van der Waals surface area contributed by atoms with E-state index in [0.717, 1.165) is 5.56 Å². The molecule has 35 heavy (non-hydrogen) atoms. The van der Waals surface area contributed by atoms with Crippen molar-refractivity contribution in [2.24, 2.45) is 5.92 Å². The Kier molecular flexibility index (Phi) is 8.05. The van der Waals surface area contributed by atoms with E-state index in [1.165, 1.54) is 0 Å². The van der Waals surface area contributed by atoms with Crippen LogP contribution in [0.5, 0.6) is 11.5 Å². The van der Waals surface area contributed by atoms with Gasteiger partial charge in [-0.15, -0.1) is 0 Å². The summed E-state index contributed by atoms with van der Waals surface area (Å²) in [6.45, 7) is 5.54. The van der Waals surface area contributed by atoms with Crippen LogP contribution in [-0.2, 0) is 16.1 Å². The molecule has 4 rings (SSSR count). The van der Waals surface area contributed by atoms with Gasteiger partial charge in [-0.1, -0.05) is 38.1 Å². The molecule has 1 aliphatic rings. The molecule has 0 fully saturated rings. The van der Waals surface area contributed by atoms with Gasteiger partial charge in [-0.2, -0.15) is 0 Å². The van der Waals surface area contributed by atoms with Crippen LogP contribution in [0, 0.1) is 5.92 Å². The topological polar surface area (TPSA) is 93.0 Å². The second kappa shape index (κ2) is 11.6. The largest absolute Gasteiger partial charge is 0.486 e. The molecule has 2 N–H and O–H groups in total. The second-order valence-electron chi connectivity index (χ2n) is 8.83. The Morgan fingerprint density at radius 2 is 1.66 bits per heavy atom. The maximum Gasteiger partial charge on any atom is 0.238 e. The number of carbonyl (C=O) groups excluding carboxylic acids is 2. The predicted octanol–water partition coefficient (Wildman–Crippen LogP) is 4.01. The molecule has 0 bridgehead atoms. The zero-order valence-corrected chi connectivity index (χ0v) is 20.0. The highest BCUT2D eigenvalue weighted by molar-refractivity contribution is 5.92. The fourth-order valence-electron chi connectivity index (χ4n) is 4.03. The molecular weight excluding hydrogens is 446 g/mol. The minimum absolute atomic E-state index is 0.0384. The maximum absolute atomic E-state index is 13.1. The first-order valence-corrected chi connectivity index (χ1v) is 11.8. The van der Waals surface area contributed by atoms with Crippen molar-refractivity contribution in [1.29, 1.82) is 0 Å². The van der Waals surface area contributed by atoms with Crippen molar-refractivity contribution in [3.63, 3.8) is 0 Å². The van der Waals surface area contributed by atoms with Crippen LogP contribution in [0.3, 0.4) is 0 Å². The van der Waals surface area contributed by atoms with E-state index in [1.807, 2.05) is 54.6 Å². The summed E-state index contributed by atoms with van der Waals surface area (Å²) in [6.07, 6.45) is 1.58. The highest BCUT2D eigenvalue weighted by atomic mass is 16.6. The minimum Gasteiger partial charge on any atom is -0.486 e.